The number of hydrogen-bond acceptors (Lipinski definition) is 5. The van der Waals surface area contributed by atoms with Gasteiger partial charge >= 0.3 is 0 Å². The number of aliphatic hydroxyl groups excluding tert-OH is 1. The fourth-order valence-corrected chi connectivity index (χ4v) is 5.58. The van der Waals surface area contributed by atoms with Crippen molar-refractivity contribution < 1.29 is 9.90 Å². The number of nitrogens with zero attached hydrogens (tertiary/aromatic N) is 4. The number of carbonyl (C=O) groups is 1. The van der Waals surface area contributed by atoms with Gasteiger partial charge in [-0.25, -0.2) is 0 Å². The summed E-state index contributed by atoms with van der Waals surface area (Å²) in [6.45, 7) is 19.2. The highest BCUT2D eigenvalue weighted by Gasteiger charge is 2.44. The number of rotatable bonds is 11. The van der Waals surface area contributed by atoms with Crippen LogP contribution in [0.1, 0.15) is 79.1 Å². The second-order valence-electron chi connectivity index (χ2n) is 11.2. The first-order valence-electron chi connectivity index (χ1n) is 12.3. The van der Waals surface area contributed by atoms with E-state index in [4.69, 9.17) is 0 Å². The summed E-state index contributed by atoms with van der Waals surface area (Å²) in [5.74, 6) is 0. The molecule has 1 N–H and O–H groups in total. The summed E-state index contributed by atoms with van der Waals surface area (Å²) in [5, 5.41) is 9.88. The molecular weight excluding hydrogens is 400 g/mol. The molecule has 0 radical (unpaired) electrons. The molecule has 2 aliphatic heterocycles. The molecule has 184 valence electrons. The fraction of sp³-hybridized carbons (Fsp3) is 0.808. The Labute approximate surface area is 196 Å². The molecule has 1 amide bonds. The second-order valence-corrected chi connectivity index (χ2v) is 11.2. The van der Waals surface area contributed by atoms with E-state index in [1.165, 1.54) is 0 Å². The van der Waals surface area contributed by atoms with Crippen molar-refractivity contribution >= 4 is 6.41 Å². The molecule has 0 spiro atoms. The smallest absolute Gasteiger partial charge is 0.209 e. The van der Waals surface area contributed by atoms with Gasteiger partial charge < -0.3 is 14.9 Å². The normalized spacial score (nSPS) is 22.6. The van der Waals surface area contributed by atoms with Gasteiger partial charge in [0.2, 0.25) is 6.41 Å². The average molecular weight is 449 g/mol. The van der Waals surface area contributed by atoms with Gasteiger partial charge in [0.05, 0.1) is 6.73 Å². The molecule has 0 aromatic carbocycles. The van der Waals surface area contributed by atoms with Gasteiger partial charge in [-0.15, -0.1) is 0 Å². The lowest BCUT2D eigenvalue weighted by molar-refractivity contribution is -0.125. The monoisotopic (exact) mass is 448 g/mol. The van der Waals surface area contributed by atoms with E-state index in [9.17, 15) is 9.90 Å². The summed E-state index contributed by atoms with van der Waals surface area (Å²) >= 11 is 0. The summed E-state index contributed by atoms with van der Waals surface area (Å²) in [6, 6.07) is 0.599. The van der Waals surface area contributed by atoms with Crippen molar-refractivity contribution in [2.45, 2.75) is 102 Å². The van der Waals surface area contributed by atoms with E-state index in [1.807, 2.05) is 11.9 Å². The predicted molar refractivity (Wildman–Crippen MR) is 133 cm³/mol. The number of aliphatic hydroxyl groups is 1. The van der Waals surface area contributed by atoms with Crippen LogP contribution in [0.25, 0.3) is 0 Å². The zero-order chi connectivity index (χ0) is 24.1. The summed E-state index contributed by atoms with van der Waals surface area (Å²) in [6.07, 6.45) is 9.18. The summed E-state index contributed by atoms with van der Waals surface area (Å²) in [7, 11) is 4.22. The number of carbonyl (C=O) groups excluding carboxylic acids is 1. The van der Waals surface area contributed by atoms with Crippen LogP contribution < -0.4 is 0 Å². The lowest BCUT2D eigenvalue weighted by Gasteiger charge is -2.55. The minimum atomic E-state index is 0.0789. The van der Waals surface area contributed by atoms with Gasteiger partial charge in [0.25, 0.3) is 0 Å². The molecule has 2 heterocycles. The molecule has 0 unspecified atom stereocenters. The molecule has 6 heteroatoms. The maximum Gasteiger partial charge on any atom is 0.209 e. The van der Waals surface area contributed by atoms with Gasteiger partial charge in [-0.1, -0.05) is 26.0 Å². The third-order valence-corrected chi connectivity index (χ3v) is 8.09. The molecule has 0 aromatic rings. The van der Waals surface area contributed by atoms with Crippen LogP contribution in [-0.2, 0) is 4.79 Å². The third-order valence-electron chi connectivity index (χ3n) is 8.09. The Morgan fingerprint density at radius 3 is 1.91 bits per heavy atom. The Morgan fingerprint density at radius 1 is 0.938 bits per heavy atom. The van der Waals surface area contributed by atoms with Crippen LogP contribution in [0.4, 0.5) is 0 Å². The molecule has 6 nitrogen and oxygen atoms in total. The van der Waals surface area contributed by atoms with Gasteiger partial charge in [-0.3, -0.25) is 14.6 Å². The van der Waals surface area contributed by atoms with Crippen molar-refractivity contribution in [2.24, 2.45) is 0 Å². The van der Waals surface area contributed by atoms with Crippen LogP contribution in [0.15, 0.2) is 24.6 Å². The number of piperidine rings is 2. The van der Waals surface area contributed by atoms with Crippen LogP contribution in [-0.4, -0.2) is 88.2 Å². The Kier molecular flexibility index (Phi) is 9.38. The number of unbranched alkanes of at least 4 members (excludes halogenated alkanes) is 3. The number of amides is 1. The summed E-state index contributed by atoms with van der Waals surface area (Å²) in [4.78, 5) is 20.6. The van der Waals surface area contributed by atoms with Gasteiger partial charge in [0.1, 0.15) is 0 Å². The van der Waals surface area contributed by atoms with E-state index in [1.54, 1.807) is 0 Å². The molecule has 2 aliphatic rings. The van der Waals surface area contributed by atoms with Crippen LogP contribution in [0, 0.1) is 0 Å². The van der Waals surface area contributed by atoms with Crippen LogP contribution in [0.5, 0.6) is 0 Å². The lowest BCUT2D eigenvalue weighted by atomic mass is 9.77. The van der Waals surface area contributed by atoms with Crippen molar-refractivity contribution in [3.8, 4) is 0 Å². The molecule has 0 bridgehead atoms. The molecule has 0 aromatic heterocycles. The van der Waals surface area contributed by atoms with Crippen molar-refractivity contribution in [3.63, 3.8) is 0 Å². The maximum absolute atomic E-state index is 11.9. The Hall–Kier alpha value is -1.37. The highest BCUT2D eigenvalue weighted by molar-refractivity contribution is 5.48. The first kappa shape index (κ1) is 26.9. The summed E-state index contributed by atoms with van der Waals surface area (Å²) in [5.41, 5.74) is 2.32. The van der Waals surface area contributed by atoms with E-state index in [0.717, 1.165) is 82.3 Å². The van der Waals surface area contributed by atoms with Crippen LogP contribution in [0.2, 0.25) is 0 Å². The quantitative estimate of drug-likeness (QED) is 0.294. The van der Waals surface area contributed by atoms with Gasteiger partial charge in [-0.2, -0.15) is 0 Å². The van der Waals surface area contributed by atoms with Gasteiger partial charge in [0.15, 0.2) is 0 Å². The molecular formula is C26H48N4O2. The zero-order valence-corrected chi connectivity index (χ0v) is 21.6. The first-order chi connectivity index (χ1) is 14.9. The number of likely N-dealkylation sites (tertiary alicyclic amines) is 2. The van der Waals surface area contributed by atoms with Crippen LogP contribution >= 0.6 is 0 Å². The topological polar surface area (TPSA) is 50.3 Å². The van der Waals surface area contributed by atoms with Crippen molar-refractivity contribution in [1.82, 2.24) is 19.6 Å². The Bertz CT molecular complexity index is 624. The number of hydrogen-bond donors (Lipinski definition) is 1. The van der Waals surface area contributed by atoms with Gasteiger partial charge in [-0.05, 0) is 60.4 Å². The van der Waals surface area contributed by atoms with Crippen molar-refractivity contribution in [1.29, 1.82) is 0 Å². The van der Waals surface area contributed by atoms with E-state index in [-0.39, 0.29) is 23.9 Å². The molecule has 32 heavy (non-hydrogen) atoms. The largest absolute Gasteiger partial charge is 0.381 e. The van der Waals surface area contributed by atoms with Crippen molar-refractivity contribution in [2.75, 3.05) is 33.9 Å². The molecule has 2 saturated heterocycles. The first-order valence-corrected chi connectivity index (χ1v) is 12.3. The summed E-state index contributed by atoms with van der Waals surface area (Å²) < 4.78 is 0. The zero-order valence-electron chi connectivity index (χ0n) is 21.6. The van der Waals surface area contributed by atoms with Crippen LogP contribution in [0.3, 0.4) is 0 Å². The minimum absolute atomic E-state index is 0.0789. The predicted octanol–water partition coefficient (Wildman–Crippen LogP) is 4.03. The Balaban J connectivity index is 1.74. The second kappa shape index (κ2) is 11.2. The maximum atomic E-state index is 11.9. The SMILES string of the molecule is C=C1CC(N(CO)CCCCCCN(C=O)C2CC(C)(C)N(C)C(C)(C)C2)CC(=C)N1C. The van der Waals surface area contributed by atoms with E-state index < -0.39 is 0 Å². The molecule has 0 aliphatic carbocycles. The highest BCUT2D eigenvalue weighted by atomic mass is 16.3. The third kappa shape index (κ3) is 6.58. The molecule has 2 rings (SSSR count). The van der Waals surface area contributed by atoms with E-state index in [0.29, 0.717) is 6.04 Å². The lowest BCUT2D eigenvalue weighted by Crippen LogP contribution is -2.62. The standard InChI is InChI=1S/C26H48N4O2/c1-21-15-23(16-22(2)27(21)7)29(19-31)13-11-9-10-12-14-30(20-32)24-17-25(3,4)28(8)26(5,6)18-24/h20,23-24,31H,1-2,9-19H2,3-8H3. The molecule has 2 fully saturated rings. The fourth-order valence-electron chi connectivity index (χ4n) is 5.58. The van der Waals surface area contributed by atoms with E-state index >= 15 is 0 Å². The average Bonchev–Trinajstić information content (AvgIpc) is 2.71. The minimum Gasteiger partial charge on any atom is -0.381 e. The molecule has 0 atom stereocenters. The van der Waals surface area contributed by atoms with Crippen molar-refractivity contribution in [3.05, 3.63) is 24.6 Å². The molecule has 0 saturated carbocycles. The highest BCUT2D eigenvalue weighted by Crippen LogP contribution is 2.38. The Morgan fingerprint density at radius 2 is 1.44 bits per heavy atom. The van der Waals surface area contributed by atoms with E-state index in [2.05, 4.69) is 62.6 Å². The van der Waals surface area contributed by atoms with Gasteiger partial charge in [0, 0.05) is 67.5 Å².